The Morgan fingerprint density at radius 2 is 0.636 bits per heavy atom. The Bertz CT molecular complexity index is 3330. The van der Waals surface area contributed by atoms with Gasteiger partial charge < -0.3 is 9.80 Å². The van der Waals surface area contributed by atoms with Gasteiger partial charge in [0.1, 0.15) is 0 Å². The van der Waals surface area contributed by atoms with Crippen molar-refractivity contribution in [2.45, 2.75) is 0 Å². The number of hydrogen-bond acceptors (Lipinski definition) is 3. The fraction of sp³-hybridized carbons (Fsp3) is 0. The van der Waals surface area contributed by atoms with Gasteiger partial charge in [-0.25, -0.2) is 4.98 Å². The van der Waals surface area contributed by atoms with Gasteiger partial charge in [-0.1, -0.05) is 212 Å². The van der Waals surface area contributed by atoms with Crippen molar-refractivity contribution >= 4 is 44.9 Å². The molecule has 0 radical (unpaired) electrons. The van der Waals surface area contributed by atoms with Gasteiger partial charge in [-0.3, -0.25) is 0 Å². The second-order valence-corrected chi connectivity index (χ2v) is 16.4. The van der Waals surface area contributed by atoms with Crippen molar-refractivity contribution in [1.29, 1.82) is 0 Å². The molecule has 0 amide bonds. The third-order valence-corrected chi connectivity index (χ3v) is 12.2. The average molecular weight is 844 g/mol. The monoisotopic (exact) mass is 843 g/mol. The second-order valence-electron chi connectivity index (χ2n) is 16.4. The minimum Gasteiger partial charge on any atom is -0.310 e. The van der Waals surface area contributed by atoms with Gasteiger partial charge in [0.2, 0.25) is 0 Å². The molecule has 11 aromatic rings. The molecule has 0 spiro atoms. The number of fused-ring (bicyclic) bond motifs is 1. The smallest absolute Gasteiger partial charge is 0.0730 e. The van der Waals surface area contributed by atoms with Crippen molar-refractivity contribution < 1.29 is 0 Å². The summed E-state index contributed by atoms with van der Waals surface area (Å²) >= 11 is 0. The van der Waals surface area contributed by atoms with Gasteiger partial charge in [-0.15, -0.1) is 0 Å². The number of nitrogens with zero attached hydrogens (tertiary/aromatic N) is 3. The van der Waals surface area contributed by atoms with E-state index in [0.29, 0.717) is 0 Å². The van der Waals surface area contributed by atoms with Crippen LogP contribution in [0.3, 0.4) is 0 Å². The lowest BCUT2D eigenvalue weighted by atomic mass is 9.96. The minimum atomic E-state index is 0.896. The first kappa shape index (κ1) is 40.0. The summed E-state index contributed by atoms with van der Waals surface area (Å²) in [7, 11) is 0. The Morgan fingerprint density at radius 1 is 0.227 bits per heavy atom. The highest BCUT2D eigenvalue weighted by atomic mass is 15.2. The predicted octanol–water partition coefficient (Wildman–Crippen LogP) is 17.5. The molecule has 1 aromatic heterocycles. The van der Waals surface area contributed by atoms with Gasteiger partial charge in [-0.2, -0.15) is 0 Å². The van der Waals surface area contributed by atoms with Crippen LogP contribution in [0.2, 0.25) is 0 Å². The lowest BCUT2D eigenvalue weighted by Crippen LogP contribution is -2.16. The third kappa shape index (κ3) is 8.14. The van der Waals surface area contributed by atoms with E-state index >= 15 is 0 Å². The summed E-state index contributed by atoms with van der Waals surface area (Å²) in [6.45, 7) is 0. The molecular weight excluding hydrogens is 799 g/mol. The lowest BCUT2D eigenvalue weighted by molar-refractivity contribution is 1.23. The average Bonchev–Trinajstić information content (AvgIpc) is 3.40. The molecule has 0 aliphatic carbocycles. The Hall–Kier alpha value is -8.79. The molecule has 0 saturated heterocycles. The van der Waals surface area contributed by atoms with Crippen molar-refractivity contribution in [3.63, 3.8) is 0 Å². The summed E-state index contributed by atoms with van der Waals surface area (Å²) in [4.78, 5) is 10.2. The van der Waals surface area contributed by atoms with Gasteiger partial charge in [0, 0.05) is 33.8 Å². The first-order valence-electron chi connectivity index (χ1n) is 22.4. The largest absolute Gasteiger partial charge is 0.310 e. The van der Waals surface area contributed by atoms with Crippen LogP contribution in [0.15, 0.2) is 273 Å². The highest BCUT2D eigenvalue weighted by Crippen LogP contribution is 2.50. The second kappa shape index (κ2) is 18.1. The standard InChI is InChI=1S/C63H45N3/c1-6-20-46(21-7-1)49-36-39-55(40-37-49)65(56-33-18-32-54(42-56)47-22-8-2-9-23-47)61-34-19-35-62(63(61)52-29-14-5-15-30-52)66(57-41-38-48-24-16-17-31-53(48)43-57)58-44-59(50-25-10-3-11-26-50)64-60(45-58)51-27-12-4-13-28-51/h1-45H. The van der Waals surface area contributed by atoms with E-state index in [1.165, 1.54) is 16.5 Å². The quantitative estimate of drug-likeness (QED) is 0.129. The molecular formula is C63H45N3. The van der Waals surface area contributed by atoms with Gasteiger partial charge in [-0.05, 0) is 99.3 Å². The van der Waals surface area contributed by atoms with E-state index in [2.05, 4.69) is 283 Å². The molecule has 312 valence electrons. The van der Waals surface area contributed by atoms with Crippen LogP contribution in [0, 0.1) is 0 Å². The number of rotatable bonds is 11. The van der Waals surface area contributed by atoms with Crippen molar-refractivity contribution in [2.24, 2.45) is 0 Å². The highest BCUT2D eigenvalue weighted by Gasteiger charge is 2.26. The van der Waals surface area contributed by atoms with Crippen LogP contribution < -0.4 is 9.80 Å². The Kier molecular flexibility index (Phi) is 11.0. The Morgan fingerprint density at radius 3 is 1.21 bits per heavy atom. The summed E-state index contributed by atoms with van der Waals surface area (Å²) in [5, 5.41) is 2.35. The van der Waals surface area contributed by atoms with E-state index in [1.807, 2.05) is 0 Å². The molecule has 0 bridgehead atoms. The van der Waals surface area contributed by atoms with Crippen molar-refractivity contribution in [3.8, 4) is 55.9 Å². The molecule has 3 heteroatoms. The summed E-state index contributed by atoms with van der Waals surface area (Å²) in [5.41, 5.74) is 17.0. The van der Waals surface area contributed by atoms with Crippen LogP contribution in [-0.2, 0) is 0 Å². The van der Waals surface area contributed by atoms with E-state index in [9.17, 15) is 0 Å². The fourth-order valence-electron chi connectivity index (χ4n) is 9.02. The van der Waals surface area contributed by atoms with Crippen LogP contribution in [-0.4, -0.2) is 4.98 Å². The summed E-state index contributed by atoms with van der Waals surface area (Å²) in [6.07, 6.45) is 0. The molecule has 0 N–H and O–H groups in total. The van der Waals surface area contributed by atoms with Crippen LogP contribution in [0.5, 0.6) is 0 Å². The molecule has 10 aromatic carbocycles. The molecule has 3 nitrogen and oxygen atoms in total. The fourth-order valence-corrected chi connectivity index (χ4v) is 9.02. The molecule has 66 heavy (non-hydrogen) atoms. The van der Waals surface area contributed by atoms with E-state index in [0.717, 1.165) is 84.3 Å². The third-order valence-electron chi connectivity index (χ3n) is 12.2. The molecule has 1 heterocycles. The van der Waals surface area contributed by atoms with Gasteiger partial charge in [0.05, 0.1) is 28.5 Å². The first-order chi connectivity index (χ1) is 32.7. The van der Waals surface area contributed by atoms with Crippen molar-refractivity contribution in [3.05, 3.63) is 273 Å². The SMILES string of the molecule is c1ccc(-c2ccc(N(c3cccc(-c4ccccc4)c3)c3cccc(N(c4cc(-c5ccccc5)nc(-c5ccccc5)c4)c4ccc5ccccc5c4)c3-c3ccccc3)cc2)cc1. The maximum Gasteiger partial charge on any atom is 0.0730 e. The number of aromatic nitrogens is 1. The van der Waals surface area contributed by atoms with Crippen molar-refractivity contribution in [1.82, 2.24) is 4.98 Å². The number of hydrogen-bond donors (Lipinski definition) is 0. The van der Waals surface area contributed by atoms with Gasteiger partial charge in [0.15, 0.2) is 0 Å². The van der Waals surface area contributed by atoms with Crippen molar-refractivity contribution in [2.75, 3.05) is 9.80 Å². The zero-order valence-electron chi connectivity index (χ0n) is 36.3. The van der Waals surface area contributed by atoms with Gasteiger partial charge >= 0.3 is 0 Å². The molecule has 0 fully saturated rings. The summed E-state index contributed by atoms with van der Waals surface area (Å²) in [6, 6.07) is 97.5. The Balaban J connectivity index is 1.19. The number of anilines is 6. The van der Waals surface area contributed by atoms with Gasteiger partial charge in [0.25, 0.3) is 0 Å². The lowest BCUT2D eigenvalue weighted by Gasteiger charge is -2.33. The van der Waals surface area contributed by atoms with E-state index in [4.69, 9.17) is 4.98 Å². The predicted molar refractivity (Wildman–Crippen MR) is 278 cm³/mol. The van der Waals surface area contributed by atoms with E-state index < -0.39 is 0 Å². The summed E-state index contributed by atoms with van der Waals surface area (Å²) in [5.74, 6) is 0. The topological polar surface area (TPSA) is 19.4 Å². The highest BCUT2D eigenvalue weighted by molar-refractivity contribution is 6.00. The Labute approximate surface area is 386 Å². The normalized spacial score (nSPS) is 11.0. The molecule has 11 rings (SSSR count). The van der Waals surface area contributed by atoms with Crippen LogP contribution in [0.25, 0.3) is 66.7 Å². The van der Waals surface area contributed by atoms with Crippen LogP contribution >= 0.6 is 0 Å². The molecule has 0 unspecified atom stereocenters. The summed E-state index contributed by atoms with van der Waals surface area (Å²) < 4.78 is 0. The zero-order valence-corrected chi connectivity index (χ0v) is 36.3. The van der Waals surface area contributed by atoms with Crippen LogP contribution in [0.4, 0.5) is 34.1 Å². The molecule has 0 atom stereocenters. The minimum absolute atomic E-state index is 0.896. The first-order valence-corrected chi connectivity index (χ1v) is 22.4. The number of benzene rings is 10. The maximum absolute atomic E-state index is 5.33. The molecule has 0 aliphatic rings. The van der Waals surface area contributed by atoms with E-state index in [-0.39, 0.29) is 0 Å². The molecule has 0 saturated carbocycles. The maximum atomic E-state index is 5.33. The number of pyridine rings is 1. The molecule has 0 aliphatic heterocycles. The van der Waals surface area contributed by atoms with Crippen LogP contribution in [0.1, 0.15) is 0 Å². The van der Waals surface area contributed by atoms with E-state index in [1.54, 1.807) is 0 Å². The zero-order chi connectivity index (χ0) is 44.1.